The second-order valence-corrected chi connectivity index (χ2v) is 5.42. The van der Waals surface area contributed by atoms with Crippen molar-refractivity contribution in [2.24, 2.45) is 18.9 Å². The molecule has 0 spiro atoms. The van der Waals surface area contributed by atoms with E-state index in [2.05, 4.69) is 11.9 Å². The molecule has 1 aromatic rings. The molecule has 0 aromatic carbocycles. The van der Waals surface area contributed by atoms with Crippen LogP contribution in [0, 0.1) is 11.8 Å². The minimum atomic E-state index is -0.669. The van der Waals surface area contributed by atoms with Crippen LogP contribution in [0.25, 0.3) is 0 Å². The molecule has 0 aliphatic heterocycles. The molecule has 18 heavy (non-hydrogen) atoms. The van der Waals surface area contributed by atoms with Crippen LogP contribution in [-0.2, 0) is 11.8 Å². The number of carboxylic acid groups (broad SMARTS) is 1. The fourth-order valence-corrected chi connectivity index (χ4v) is 3.24. The predicted molar refractivity (Wildman–Crippen MR) is 69.3 cm³/mol. The Hall–Kier alpha value is -1.32. The van der Waals surface area contributed by atoms with Gasteiger partial charge in [0.15, 0.2) is 0 Å². The average molecular weight is 250 g/mol. The lowest BCUT2D eigenvalue weighted by Gasteiger charge is -2.33. The summed E-state index contributed by atoms with van der Waals surface area (Å²) in [6, 6.07) is 0. The number of rotatable bonds is 4. The lowest BCUT2D eigenvalue weighted by atomic mass is 9.72. The Morgan fingerprint density at radius 3 is 2.89 bits per heavy atom. The van der Waals surface area contributed by atoms with Crippen molar-refractivity contribution >= 4 is 5.97 Å². The minimum absolute atomic E-state index is 0.0767. The number of aliphatic carboxylic acids is 1. The summed E-state index contributed by atoms with van der Waals surface area (Å²) in [5, 5.41) is 9.38. The Balaban J connectivity index is 2.20. The minimum Gasteiger partial charge on any atom is -0.481 e. The van der Waals surface area contributed by atoms with Gasteiger partial charge in [-0.1, -0.05) is 19.8 Å². The van der Waals surface area contributed by atoms with Gasteiger partial charge in [0.25, 0.3) is 0 Å². The Morgan fingerprint density at radius 1 is 1.56 bits per heavy atom. The highest BCUT2D eigenvalue weighted by molar-refractivity contribution is 5.71. The number of carbonyl (C=O) groups is 1. The highest BCUT2D eigenvalue weighted by atomic mass is 16.4. The zero-order valence-electron chi connectivity index (χ0n) is 11.2. The zero-order chi connectivity index (χ0) is 13.1. The first-order valence-corrected chi connectivity index (χ1v) is 6.83. The molecule has 0 bridgehead atoms. The molecule has 4 heteroatoms. The van der Waals surface area contributed by atoms with Gasteiger partial charge < -0.3 is 9.67 Å². The number of hydrogen-bond acceptors (Lipinski definition) is 2. The first-order valence-electron chi connectivity index (χ1n) is 6.83. The lowest BCUT2D eigenvalue weighted by molar-refractivity contribution is -0.144. The van der Waals surface area contributed by atoms with Crippen LogP contribution in [0.5, 0.6) is 0 Å². The first kappa shape index (κ1) is 13.1. The van der Waals surface area contributed by atoms with Gasteiger partial charge in [0.05, 0.1) is 5.92 Å². The summed E-state index contributed by atoms with van der Waals surface area (Å²) in [5.74, 6) is 0.737. The molecule has 0 radical (unpaired) electrons. The van der Waals surface area contributed by atoms with E-state index >= 15 is 0 Å². The maximum absolute atomic E-state index is 11.4. The third kappa shape index (κ3) is 2.57. The van der Waals surface area contributed by atoms with Crippen molar-refractivity contribution in [2.45, 2.75) is 44.9 Å². The average Bonchev–Trinajstić information content (AvgIpc) is 2.75. The van der Waals surface area contributed by atoms with Crippen LogP contribution in [0.15, 0.2) is 12.4 Å². The zero-order valence-corrected chi connectivity index (χ0v) is 11.2. The molecule has 1 N–H and O–H groups in total. The molecule has 100 valence electrons. The number of hydrogen-bond donors (Lipinski definition) is 1. The predicted octanol–water partition coefficient (Wildman–Crippen LogP) is 2.80. The van der Waals surface area contributed by atoms with Gasteiger partial charge >= 0.3 is 5.97 Å². The van der Waals surface area contributed by atoms with Crippen LogP contribution in [0.3, 0.4) is 0 Å². The third-order valence-electron chi connectivity index (χ3n) is 4.16. The van der Waals surface area contributed by atoms with Crippen molar-refractivity contribution < 1.29 is 9.90 Å². The van der Waals surface area contributed by atoms with Gasteiger partial charge in [-0.3, -0.25) is 4.79 Å². The third-order valence-corrected chi connectivity index (χ3v) is 4.16. The van der Waals surface area contributed by atoms with Crippen molar-refractivity contribution in [3.63, 3.8) is 0 Å². The number of aryl methyl sites for hydroxylation is 1. The topological polar surface area (TPSA) is 55.1 Å². The highest BCUT2D eigenvalue weighted by Gasteiger charge is 2.37. The van der Waals surface area contributed by atoms with Crippen molar-refractivity contribution in [2.75, 3.05) is 0 Å². The van der Waals surface area contributed by atoms with Gasteiger partial charge in [0.2, 0.25) is 0 Å². The van der Waals surface area contributed by atoms with E-state index in [0.717, 1.165) is 25.1 Å². The molecule has 1 aliphatic carbocycles. The van der Waals surface area contributed by atoms with Gasteiger partial charge in [-0.15, -0.1) is 0 Å². The van der Waals surface area contributed by atoms with Crippen molar-refractivity contribution in [3.8, 4) is 0 Å². The standard InChI is InChI=1S/C14H22N2O2/c1-3-4-10-5-6-11(14(17)18)12(9-10)13-15-7-8-16(13)2/h7-8,10-12H,3-6,9H2,1-2H3,(H,17,18). The van der Waals surface area contributed by atoms with E-state index in [-0.39, 0.29) is 11.8 Å². The van der Waals surface area contributed by atoms with Crippen LogP contribution in [0.4, 0.5) is 0 Å². The summed E-state index contributed by atoms with van der Waals surface area (Å²) in [6.07, 6.45) is 8.84. The molecule has 1 heterocycles. The van der Waals surface area contributed by atoms with E-state index < -0.39 is 5.97 Å². The summed E-state index contributed by atoms with van der Waals surface area (Å²) >= 11 is 0. The molecule has 1 aromatic heterocycles. The Labute approximate surface area is 108 Å². The molecule has 1 saturated carbocycles. The molecule has 2 rings (SSSR count). The van der Waals surface area contributed by atoms with E-state index in [9.17, 15) is 9.90 Å². The quantitative estimate of drug-likeness (QED) is 0.894. The number of aromatic nitrogens is 2. The van der Waals surface area contributed by atoms with Crippen LogP contribution < -0.4 is 0 Å². The van der Waals surface area contributed by atoms with Crippen molar-refractivity contribution in [3.05, 3.63) is 18.2 Å². The van der Waals surface area contributed by atoms with Gasteiger partial charge in [0, 0.05) is 25.4 Å². The molecule has 4 nitrogen and oxygen atoms in total. The fraction of sp³-hybridized carbons (Fsp3) is 0.714. The number of carboxylic acids is 1. The highest BCUT2D eigenvalue weighted by Crippen LogP contribution is 2.41. The van der Waals surface area contributed by atoms with E-state index in [0.29, 0.717) is 5.92 Å². The summed E-state index contributed by atoms with van der Waals surface area (Å²) < 4.78 is 1.97. The van der Waals surface area contributed by atoms with E-state index in [1.54, 1.807) is 6.20 Å². The van der Waals surface area contributed by atoms with Crippen molar-refractivity contribution in [1.82, 2.24) is 9.55 Å². The van der Waals surface area contributed by atoms with Gasteiger partial charge in [-0.2, -0.15) is 0 Å². The molecular weight excluding hydrogens is 228 g/mol. The van der Waals surface area contributed by atoms with Crippen LogP contribution in [0.2, 0.25) is 0 Å². The van der Waals surface area contributed by atoms with Gasteiger partial charge in [0.1, 0.15) is 5.82 Å². The molecule has 3 atom stereocenters. The summed E-state index contributed by atoms with van der Waals surface area (Å²) in [6.45, 7) is 2.19. The Morgan fingerprint density at radius 2 is 2.33 bits per heavy atom. The van der Waals surface area contributed by atoms with Crippen LogP contribution in [-0.4, -0.2) is 20.6 Å². The SMILES string of the molecule is CCCC1CCC(C(=O)O)C(c2nccn2C)C1. The first-order chi connectivity index (χ1) is 8.63. The monoisotopic (exact) mass is 250 g/mol. The second-order valence-electron chi connectivity index (χ2n) is 5.42. The Bertz CT molecular complexity index is 414. The lowest BCUT2D eigenvalue weighted by Crippen LogP contribution is -2.30. The molecule has 1 aliphatic rings. The number of nitrogens with zero attached hydrogens (tertiary/aromatic N) is 2. The smallest absolute Gasteiger partial charge is 0.307 e. The van der Waals surface area contributed by atoms with Gasteiger partial charge in [-0.25, -0.2) is 4.98 Å². The summed E-state index contributed by atoms with van der Waals surface area (Å²) in [4.78, 5) is 15.8. The van der Waals surface area contributed by atoms with Crippen LogP contribution in [0.1, 0.15) is 50.8 Å². The van der Waals surface area contributed by atoms with Crippen LogP contribution >= 0.6 is 0 Å². The largest absolute Gasteiger partial charge is 0.481 e. The fourth-order valence-electron chi connectivity index (χ4n) is 3.24. The molecule has 0 amide bonds. The second kappa shape index (κ2) is 5.55. The molecular formula is C14H22N2O2. The van der Waals surface area contributed by atoms with E-state index in [1.165, 1.54) is 12.8 Å². The summed E-state index contributed by atoms with van der Waals surface area (Å²) in [7, 11) is 1.95. The normalized spacial score (nSPS) is 28.2. The van der Waals surface area contributed by atoms with E-state index in [1.807, 2.05) is 17.8 Å². The Kier molecular flexibility index (Phi) is 4.04. The van der Waals surface area contributed by atoms with Gasteiger partial charge in [-0.05, 0) is 25.2 Å². The molecule has 3 unspecified atom stereocenters. The van der Waals surface area contributed by atoms with E-state index in [4.69, 9.17) is 0 Å². The maximum atomic E-state index is 11.4. The van der Waals surface area contributed by atoms with Crippen molar-refractivity contribution in [1.29, 1.82) is 0 Å². The maximum Gasteiger partial charge on any atom is 0.307 e. The number of imidazole rings is 1. The molecule has 0 saturated heterocycles. The summed E-state index contributed by atoms with van der Waals surface area (Å²) in [5.41, 5.74) is 0. The molecule has 1 fully saturated rings.